The lowest BCUT2D eigenvalue weighted by Gasteiger charge is -2.34. The minimum absolute atomic E-state index is 0.0360. The van der Waals surface area contributed by atoms with Crippen LogP contribution in [0.1, 0.15) is 20.4 Å². The number of carbonyl (C=O) groups excluding carboxylic acids is 1. The van der Waals surface area contributed by atoms with E-state index in [4.69, 9.17) is 4.74 Å². The van der Waals surface area contributed by atoms with E-state index in [0.717, 1.165) is 29.6 Å². The van der Waals surface area contributed by atoms with E-state index in [1.54, 1.807) is 18.4 Å². The van der Waals surface area contributed by atoms with Crippen LogP contribution >= 0.6 is 11.3 Å². The molecule has 0 bridgehead atoms. The molecule has 0 spiro atoms. The van der Waals surface area contributed by atoms with E-state index in [1.165, 1.54) is 0 Å². The molecule has 0 radical (unpaired) electrons. The summed E-state index contributed by atoms with van der Waals surface area (Å²) >= 11 is 1.63. The lowest BCUT2D eigenvalue weighted by atomic mass is 10.1. The Morgan fingerprint density at radius 3 is 2.61 bits per heavy atom. The van der Waals surface area contributed by atoms with Gasteiger partial charge in [0.1, 0.15) is 15.8 Å². The molecule has 0 unspecified atom stereocenters. The smallest absolute Gasteiger partial charge is 0.257 e. The van der Waals surface area contributed by atoms with Crippen LogP contribution in [-0.2, 0) is 6.54 Å². The van der Waals surface area contributed by atoms with E-state index in [9.17, 15) is 4.79 Å². The summed E-state index contributed by atoms with van der Waals surface area (Å²) in [7, 11) is 1.59. The first-order chi connectivity index (χ1) is 11.2. The average molecular weight is 332 g/mol. The van der Waals surface area contributed by atoms with Crippen molar-refractivity contribution >= 4 is 17.2 Å². The zero-order valence-electron chi connectivity index (χ0n) is 13.4. The Hall–Kier alpha value is -1.99. The van der Waals surface area contributed by atoms with Crippen molar-refractivity contribution in [3.05, 3.63) is 39.8 Å². The van der Waals surface area contributed by atoms with Crippen LogP contribution < -0.4 is 4.74 Å². The number of rotatable bonds is 4. The van der Waals surface area contributed by atoms with E-state index >= 15 is 0 Å². The number of para-hydroxylation sites is 1. The summed E-state index contributed by atoms with van der Waals surface area (Å²) in [5, 5.41) is 10.2. The molecule has 0 saturated carbocycles. The maximum absolute atomic E-state index is 12.7. The highest BCUT2D eigenvalue weighted by Gasteiger charge is 2.24. The van der Waals surface area contributed by atoms with Gasteiger partial charge in [-0.05, 0) is 19.1 Å². The predicted molar refractivity (Wildman–Crippen MR) is 88.8 cm³/mol. The summed E-state index contributed by atoms with van der Waals surface area (Å²) < 4.78 is 5.29. The van der Waals surface area contributed by atoms with Crippen molar-refractivity contribution in [2.75, 3.05) is 33.3 Å². The number of hydrogen-bond donors (Lipinski definition) is 0. The van der Waals surface area contributed by atoms with Crippen LogP contribution in [0.3, 0.4) is 0 Å². The Morgan fingerprint density at radius 2 is 1.96 bits per heavy atom. The van der Waals surface area contributed by atoms with Crippen LogP contribution in [0, 0.1) is 6.92 Å². The molecule has 0 N–H and O–H groups in total. The molecule has 6 nitrogen and oxygen atoms in total. The molecule has 2 heterocycles. The number of hydrogen-bond acceptors (Lipinski definition) is 6. The summed E-state index contributed by atoms with van der Waals surface area (Å²) in [4.78, 5) is 16.9. The maximum Gasteiger partial charge on any atom is 0.257 e. The topological polar surface area (TPSA) is 58.6 Å². The number of amides is 1. The molecule has 1 aromatic carbocycles. The van der Waals surface area contributed by atoms with Gasteiger partial charge in [-0.2, -0.15) is 0 Å². The number of piperazine rings is 1. The molecule has 1 fully saturated rings. The molecular formula is C16H20N4O2S. The Morgan fingerprint density at radius 1 is 1.22 bits per heavy atom. The van der Waals surface area contributed by atoms with Gasteiger partial charge in [-0.25, -0.2) is 0 Å². The number of benzene rings is 1. The number of aryl methyl sites for hydroxylation is 1. The van der Waals surface area contributed by atoms with Gasteiger partial charge in [0, 0.05) is 26.2 Å². The highest BCUT2D eigenvalue weighted by molar-refractivity contribution is 7.11. The summed E-state index contributed by atoms with van der Waals surface area (Å²) in [6.45, 7) is 5.90. The zero-order valence-corrected chi connectivity index (χ0v) is 14.2. The van der Waals surface area contributed by atoms with Gasteiger partial charge in [0.25, 0.3) is 5.91 Å². The van der Waals surface area contributed by atoms with Crippen LogP contribution in [0.4, 0.5) is 0 Å². The molecule has 7 heteroatoms. The predicted octanol–water partition coefficient (Wildman–Crippen LogP) is 1.81. The molecule has 3 rings (SSSR count). The normalized spacial score (nSPS) is 15.7. The van der Waals surface area contributed by atoms with Gasteiger partial charge in [-0.1, -0.05) is 12.1 Å². The summed E-state index contributed by atoms with van der Waals surface area (Å²) in [6.07, 6.45) is 0. The third kappa shape index (κ3) is 3.68. The fraction of sp³-hybridized carbons (Fsp3) is 0.438. The second-order valence-corrected chi connectivity index (χ2v) is 6.75. The van der Waals surface area contributed by atoms with Crippen molar-refractivity contribution in [1.82, 2.24) is 20.0 Å². The van der Waals surface area contributed by atoms with Crippen LogP contribution in [0.5, 0.6) is 5.75 Å². The molecule has 1 aliphatic rings. The van der Waals surface area contributed by atoms with Gasteiger partial charge in [0.15, 0.2) is 0 Å². The molecule has 2 aromatic rings. The second kappa shape index (κ2) is 7.06. The Bertz CT molecular complexity index is 680. The van der Waals surface area contributed by atoms with E-state index in [1.807, 2.05) is 36.1 Å². The molecule has 1 saturated heterocycles. The van der Waals surface area contributed by atoms with Gasteiger partial charge in [-0.3, -0.25) is 9.69 Å². The highest BCUT2D eigenvalue weighted by Crippen LogP contribution is 2.20. The Balaban J connectivity index is 1.59. The molecule has 1 amide bonds. The van der Waals surface area contributed by atoms with Gasteiger partial charge in [-0.15, -0.1) is 21.5 Å². The van der Waals surface area contributed by atoms with E-state index < -0.39 is 0 Å². The molecule has 1 aromatic heterocycles. The van der Waals surface area contributed by atoms with Gasteiger partial charge in [0.05, 0.1) is 19.2 Å². The number of ether oxygens (including phenoxy) is 1. The van der Waals surface area contributed by atoms with Crippen LogP contribution in [0.2, 0.25) is 0 Å². The molecular weight excluding hydrogens is 312 g/mol. The van der Waals surface area contributed by atoms with E-state index in [2.05, 4.69) is 15.1 Å². The molecule has 122 valence electrons. The van der Waals surface area contributed by atoms with Crippen LogP contribution in [-0.4, -0.2) is 59.2 Å². The first-order valence-corrected chi connectivity index (χ1v) is 8.42. The molecule has 0 atom stereocenters. The van der Waals surface area contributed by atoms with E-state index in [-0.39, 0.29) is 5.91 Å². The molecule has 23 heavy (non-hydrogen) atoms. The highest BCUT2D eigenvalue weighted by atomic mass is 32.1. The fourth-order valence-electron chi connectivity index (χ4n) is 2.69. The first-order valence-electron chi connectivity index (χ1n) is 7.61. The quantitative estimate of drug-likeness (QED) is 0.855. The minimum Gasteiger partial charge on any atom is -0.496 e. The zero-order chi connectivity index (χ0) is 16.2. The number of nitrogens with zero attached hydrogens (tertiary/aromatic N) is 4. The summed E-state index contributed by atoms with van der Waals surface area (Å²) in [5.41, 5.74) is 0.628. The number of carbonyl (C=O) groups is 1. The van der Waals surface area contributed by atoms with Crippen molar-refractivity contribution in [3.63, 3.8) is 0 Å². The van der Waals surface area contributed by atoms with Gasteiger partial charge in [0.2, 0.25) is 0 Å². The maximum atomic E-state index is 12.7. The SMILES string of the molecule is COc1ccccc1C(=O)N1CCN(Cc2nnc(C)s2)CC1. The van der Waals surface area contributed by atoms with Crippen LogP contribution in [0.25, 0.3) is 0 Å². The fourth-order valence-corrected chi connectivity index (χ4v) is 3.44. The van der Waals surface area contributed by atoms with Crippen molar-refractivity contribution < 1.29 is 9.53 Å². The van der Waals surface area contributed by atoms with Crippen molar-refractivity contribution in [2.45, 2.75) is 13.5 Å². The Kier molecular flexibility index (Phi) is 4.88. The average Bonchev–Trinajstić information content (AvgIpc) is 3.00. The number of methoxy groups -OCH3 is 1. The number of aromatic nitrogens is 2. The van der Waals surface area contributed by atoms with Crippen molar-refractivity contribution in [1.29, 1.82) is 0 Å². The van der Waals surface area contributed by atoms with Crippen molar-refractivity contribution in [3.8, 4) is 5.75 Å². The molecule has 0 aliphatic carbocycles. The molecule has 1 aliphatic heterocycles. The minimum atomic E-state index is 0.0360. The largest absolute Gasteiger partial charge is 0.496 e. The van der Waals surface area contributed by atoms with Crippen LogP contribution in [0.15, 0.2) is 24.3 Å². The summed E-state index contributed by atoms with van der Waals surface area (Å²) in [5.74, 6) is 0.665. The Labute approximate surface area is 139 Å². The first kappa shape index (κ1) is 15.9. The van der Waals surface area contributed by atoms with Gasteiger partial charge >= 0.3 is 0 Å². The monoisotopic (exact) mass is 332 g/mol. The third-order valence-electron chi connectivity index (χ3n) is 3.92. The summed E-state index contributed by atoms with van der Waals surface area (Å²) in [6, 6.07) is 7.38. The van der Waals surface area contributed by atoms with E-state index in [0.29, 0.717) is 24.4 Å². The lowest BCUT2D eigenvalue weighted by molar-refractivity contribution is 0.0625. The lowest BCUT2D eigenvalue weighted by Crippen LogP contribution is -2.48. The van der Waals surface area contributed by atoms with Gasteiger partial charge < -0.3 is 9.64 Å². The van der Waals surface area contributed by atoms with Crippen molar-refractivity contribution in [2.24, 2.45) is 0 Å². The second-order valence-electron chi connectivity index (χ2n) is 5.48. The standard InChI is InChI=1S/C16H20N4O2S/c1-12-17-18-15(23-12)11-19-7-9-20(10-8-19)16(21)13-5-3-4-6-14(13)22-2/h3-6H,7-11H2,1-2H3. The third-order valence-corrected chi connectivity index (χ3v) is 4.75.